The number of hydrogen-bond donors (Lipinski definition) is 2. The Morgan fingerprint density at radius 3 is 2.75 bits per heavy atom. The van der Waals surface area contributed by atoms with Crippen LogP contribution in [0.3, 0.4) is 0 Å². The van der Waals surface area contributed by atoms with Gasteiger partial charge < -0.3 is 19.8 Å². The summed E-state index contributed by atoms with van der Waals surface area (Å²) in [6.45, 7) is -0.0296. The van der Waals surface area contributed by atoms with E-state index in [1.807, 2.05) is 0 Å². The number of rotatable bonds is 6. The molecule has 1 aromatic heterocycles. The van der Waals surface area contributed by atoms with Gasteiger partial charge in [-0.25, -0.2) is 13.2 Å². The number of amides is 1. The van der Waals surface area contributed by atoms with Gasteiger partial charge in [0.1, 0.15) is 29.5 Å². The van der Waals surface area contributed by atoms with Crippen LogP contribution < -0.4 is 15.4 Å². The van der Waals surface area contributed by atoms with Gasteiger partial charge in [0, 0.05) is 16.9 Å². The molecule has 3 aromatic rings. The molecule has 2 N–H and O–H groups in total. The lowest BCUT2D eigenvalue weighted by molar-refractivity contribution is -0.0487. The SMILES string of the molecule is O=C(NC1CCNCC1(F)F)c1c(C2CC2)oc2ccc(OCc3ccccc3F)cc12. The smallest absolute Gasteiger partial charge is 0.280 e. The molecule has 2 aromatic carbocycles. The number of piperidine rings is 1. The molecule has 2 aliphatic rings. The highest BCUT2D eigenvalue weighted by molar-refractivity contribution is 6.08. The molecule has 2 heterocycles. The Labute approximate surface area is 182 Å². The van der Waals surface area contributed by atoms with Crippen LogP contribution in [0.25, 0.3) is 11.0 Å². The quantitative estimate of drug-likeness (QED) is 0.576. The van der Waals surface area contributed by atoms with Crippen LogP contribution in [0.1, 0.15) is 46.9 Å². The van der Waals surface area contributed by atoms with E-state index in [0.29, 0.717) is 34.6 Å². The van der Waals surface area contributed by atoms with Gasteiger partial charge in [-0.05, 0) is 50.1 Å². The molecule has 8 heteroatoms. The number of furan rings is 1. The lowest BCUT2D eigenvalue weighted by Gasteiger charge is -2.32. The van der Waals surface area contributed by atoms with Crippen molar-refractivity contribution in [3.05, 3.63) is 65.2 Å². The number of carbonyl (C=O) groups excluding carboxylic acids is 1. The summed E-state index contributed by atoms with van der Waals surface area (Å²) < 4.78 is 54.1. The van der Waals surface area contributed by atoms with Gasteiger partial charge in [0.25, 0.3) is 11.8 Å². The molecule has 1 unspecified atom stereocenters. The molecule has 0 spiro atoms. The molecule has 5 nitrogen and oxygen atoms in total. The van der Waals surface area contributed by atoms with Crippen LogP contribution >= 0.6 is 0 Å². The van der Waals surface area contributed by atoms with E-state index >= 15 is 0 Å². The third-order valence-corrected chi connectivity index (χ3v) is 6.00. The lowest BCUT2D eigenvalue weighted by Crippen LogP contribution is -2.57. The van der Waals surface area contributed by atoms with Gasteiger partial charge in [-0.1, -0.05) is 18.2 Å². The summed E-state index contributed by atoms with van der Waals surface area (Å²) in [7, 11) is 0. The monoisotopic (exact) mass is 444 g/mol. The minimum atomic E-state index is -3.03. The summed E-state index contributed by atoms with van der Waals surface area (Å²) in [5, 5.41) is 5.70. The number of hydrogen-bond acceptors (Lipinski definition) is 4. The van der Waals surface area contributed by atoms with Crippen molar-refractivity contribution in [3.8, 4) is 5.75 Å². The predicted octanol–water partition coefficient (Wildman–Crippen LogP) is 4.76. The maximum Gasteiger partial charge on any atom is 0.280 e. The van der Waals surface area contributed by atoms with Gasteiger partial charge in [-0.2, -0.15) is 0 Å². The van der Waals surface area contributed by atoms with E-state index in [-0.39, 0.29) is 30.3 Å². The van der Waals surface area contributed by atoms with Gasteiger partial charge in [-0.3, -0.25) is 4.79 Å². The van der Waals surface area contributed by atoms with Crippen LogP contribution in [0.2, 0.25) is 0 Å². The molecule has 168 valence electrons. The van der Waals surface area contributed by atoms with Crippen molar-refractivity contribution in [2.24, 2.45) is 0 Å². The predicted molar refractivity (Wildman–Crippen MR) is 113 cm³/mol. The summed E-state index contributed by atoms with van der Waals surface area (Å²) in [5.74, 6) is -2.88. The molecule has 1 amide bonds. The van der Waals surface area contributed by atoms with Crippen molar-refractivity contribution in [1.29, 1.82) is 0 Å². The Bertz CT molecular complexity index is 1160. The molecule has 1 aliphatic heterocycles. The number of nitrogens with one attached hydrogen (secondary N) is 2. The van der Waals surface area contributed by atoms with Crippen LogP contribution in [0.4, 0.5) is 13.2 Å². The van der Waals surface area contributed by atoms with Gasteiger partial charge in [0.05, 0.1) is 18.2 Å². The third kappa shape index (κ3) is 4.07. The first kappa shape index (κ1) is 20.9. The van der Waals surface area contributed by atoms with Crippen molar-refractivity contribution in [1.82, 2.24) is 10.6 Å². The zero-order valence-corrected chi connectivity index (χ0v) is 17.3. The Hall–Kier alpha value is -3.00. The molecule has 1 atom stereocenters. The summed E-state index contributed by atoms with van der Waals surface area (Å²) >= 11 is 0. The number of fused-ring (bicyclic) bond motifs is 1. The molecule has 0 radical (unpaired) electrons. The fraction of sp³-hybridized carbons (Fsp3) is 0.375. The van der Waals surface area contributed by atoms with E-state index in [4.69, 9.17) is 9.15 Å². The number of ether oxygens (including phenoxy) is 1. The zero-order valence-electron chi connectivity index (χ0n) is 17.3. The summed E-state index contributed by atoms with van der Waals surface area (Å²) in [6.07, 6.45) is 1.92. The second-order valence-corrected chi connectivity index (χ2v) is 8.41. The zero-order chi connectivity index (χ0) is 22.3. The summed E-state index contributed by atoms with van der Waals surface area (Å²) in [6, 6.07) is 10.1. The topological polar surface area (TPSA) is 63.5 Å². The van der Waals surface area contributed by atoms with Crippen molar-refractivity contribution < 1.29 is 27.1 Å². The normalized spacial score (nSPS) is 20.3. The lowest BCUT2D eigenvalue weighted by atomic mass is 10.0. The van der Waals surface area contributed by atoms with Crippen molar-refractivity contribution in [2.45, 2.75) is 43.8 Å². The minimum Gasteiger partial charge on any atom is -0.489 e. The van der Waals surface area contributed by atoms with Gasteiger partial charge in [0.2, 0.25) is 0 Å². The second-order valence-electron chi connectivity index (χ2n) is 8.41. The Morgan fingerprint density at radius 2 is 2.00 bits per heavy atom. The standard InChI is InChI=1S/C24H23F3N2O3/c25-18-4-2-1-3-15(18)12-31-16-7-8-19-17(11-16)21(22(32-19)14-5-6-14)23(30)29-20-9-10-28-13-24(20,26)27/h1-4,7-8,11,14,20,28H,5-6,9-10,12-13H2,(H,29,30). The maximum atomic E-state index is 14.3. The van der Waals surface area contributed by atoms with Crippen molar-refractivity contribution in [3.63, 3.8) is 0 Å². The first-order valence-electron chi connectivity index (χ1n) is 10.7. The van der Waals surface area contributed by atoms with Crippen LogP contribution in [0, 0.1) is 5.82 Å². The van der Waals surface area contributed by atoms with E-state index in [2.05, 4.69) is 10.6 Å². The molecular weight excluding hydrogens is 421 g/mol. The van der Waals surface area contributed by atoms with E-state index < -0.39 is 24.4 Å². The average molecular weight is 444 g/mol. The molecular formula is C24H23F3N2O3. The molecule has 1 aliphatic carbocycles. The molecule has 1 saturated heterocycles. The van der Waals surface area contributed by atoms with Gasteiger partial charge in [-0.15, -0.1) is 0 Å². The van der Waals surface area contributed by atoms with Crippen LogP contribution in [0.5, 0.6) is 5.75 Å². The van der Waals surface area contributed by atoms with Crippen LogP contribution in [0.15, 0.2) is 46.9 Å². The Balaban J connectivity index is 1.44. The highest BCUT2D eigenvalue weighted by atomic mass is 19.3. The number of benzene rings is 2. The van der Waals surface area contributed by atoms with E-state index in [1.165, 1.54) is 6.07 Å². The molecule has 32 heavy (non-hydrogen) atoms. The number of halogens is 3. The highest BCUT2D eigenvalue weighted by Gasteiger charge is 2.43. The number of carbonyl (C=O) groups is 1. The number of alkyl halides is 2. The minimum absolute atomic E-state index is 0.0222. The summed E-state index contributed by atoms with van der Waals surface area (Å²) in [4.78, 5) is 13.1. The van der Waals surface area contributed by atoms with Crippen molar-refractivity contribution in [2.75, 3.05) is 13.1 Å². The van der Waals surface area contributed by atoms with Gasteiger partial charge >= 0.3 is 0 Å². The fourth-order valence-corrected chi connectivity index (χ4v) is 4.07. The van der Waals surface area contributed by atoms with Crippen LogP contribution in [-0.4, -0.2) is 31.0 Å². The third-order valence-electron chi connectivity index (χ3n) is 6.00. The fourth-order valence-electron chi connectivity index (χ4n) is 4.07. The average Bonchev–Trinajstić information content (AvgIpc) is 3.54. The largest absolute Gasteiger partial charge is 0.489 e. The maximum absolute atomic E-state index is 14.3. The van der Waals surface area contributed by atoms with E-state index in [1.54, 1.807) is 36.4 Å². The van der Waals surface area contributed by atoms with E-state index in [9.17, 15) is 18.0 Å². The Kier molecular flexibility index (Phi) is 5.33. The Morgan fingerprint density at radius 1 is 1.19 bits per heavy atom. The van der Waals surface area contributed by atoms with E-state index in [0.717, 1.165) is 12.8 Å². The molecule has 2 fully saturated rings. The molecule has 1 saturated carbocycles. The molecule has 5 rings (SSSR count). The van der Waals surface area contributed by atoms with Crippen molar-refractivity contribution >= 4 is 16.9 Å². The highest BCUT2D eigenvalue weighted by Crippen LogP contribution is 2.45. The summed E-state index contributed by atoms with van der Waals surface area (Å²) in [5.41, 5.74) is 1.19. The van der Waals surface area contributed by atoms with Gasteiger partial charge in [0.15, 0.2) is 0 Å². The second kappa shape index (κ2) is 8.16. The first-order valence-corrected chi connectivity index (χ1v) is 10.7. The molecule has 0 bridgehead atoms. The first-order chi connectivity index (χ1) is 15.4. The van der Waals surface area contributed by atoms with Crippen LogP contribution in [-0.2, 0) is 6.61 Å².